The molecule has 0 saturated carbocycles. The van der Waals surface area contributed by atoms with E-state index in [1.54, 1.807) is 12.1 Å². The van der Waals surface area contributed by atoms with Gasteiger partial charge in [-0.05, 0) is 42.0 Å². The molecule has 0 heterocycles. The Balaban J connectivity index is 2.20. The molecule has 20 heavy (non-hydrogen) atoms. The second kappa shape index (κ2) is 4.87. The quantitative estimate of drug-likeness (QED) is 0.817. The van der Waals surface area contributed by atoms with Crippen LogP contribution in [0.25, 0.3) is 0 Å². The normalized spacial score (nSPS) is 25.3. The lowest BCUT2D eigenvalue weighted by Crippen LogP contribution is -2.42. The summed E-state index contributed by atoms with van der Waals surface area (Å²) in [4.78, 5) is 0. The van der Waals surface area contributed by atoms with Gasteiger partial charge in [-0.25, -0.2) is 4.39 Å². The maximum atomic E-state index is 14.3. The Morgan fingerprint density at radius 1 is 1.20 bits per heavy atom. The fraction of sp³-hybridized carbons (Fsp3) is 0.294. The maximum absolute atomic E-state index is 14.3. The molecule has 2 aromatic rings. The highest BCUT2D eigenvalue weighted by molar-refractivity contribution is 6.30. The monoisotopic (exact) mass is 289 g/mol. The summed E-state index contributed by atoms with van der Waals surface area (Å²) in [6.07, 6.45) is 1.69. The van der Waals surface area contributed by atoms with E-state index in [-0.39, 0.29) is 5.82 Å². The Hall–Kier alpha value is -1.38. The van der Waals surface area contributed by atoms with Gasteiger partial charge in [0.25, 0.3) is 0 Å². The van der Waals surface area contributed by atoms with Crippen molar-refractivity contribution < 1.29 is 4.39 Å². The van der Waals surface area contributed by atoms with Crippen molar-refractivity contribution >= 4 is 11.6 Å². The summed E-state index contributed by atoms with van der Waals surface area (Å²) in [5.41, 5.74) is 8.63. The van der Waals surface area contributed by atoms with Crippen LogP contribution in [-0.2, 0) is 5.54 Å². The number of hydrogen-bond acceptors (Lipinski definition) is 1. The van der Waals surface area contributed by atoms with Crippen molar-refractivity contribution in [1.29, 1.82) is 0 Å². The van der Waals surface area contributed by atoms with Crippen molar-refractivity contribution in [2.24, 2.45) is 5.73 Å². The summed E-state index contributed by atoms with van der Waals surface area (Å²) in [5.74, 6) is 0.127. The van der Waals surface area contributed by atoms with Crippen LogP contribution in [0.5, 0.6) is 0 Å². The molecule has 1 aliphatic carbocycles. The molecule has 0 aliphatic heterocycles. The van der Waals surface area contributed by atoms with Gasteiger partial charge in [-0.1, -0.05) is 48.9 Å². The van der Waals surface area contributed by atoms with E-state index in [2.05, 4.69) is 13.0 Å². The summed E-state index contributed by atoms with van der Waals surface area (Å²) < 4.78 is 14.3. The fourth-order valence-electron chi connectivity index (χ4n) is 3.20. The van der Waals surface area contributed by atoms with Gasteiger partial charge in [0.05, 0.1) is 5.54 Å². The Bertz CT molecular complexity index is 655. The van der Waals surface area contributed by atoms with Gasteiger partial charge in [-0.2, -0.15) is 0 Å². The summed E-state index contributed by atoms with van der Waals surface area (Å²) in [6.45, 7) is 2.19. The lowest BCUT2D eigenvalue weighted by atomic mass is 9.69. The minimum absolute atomic E-state index is 0.329. The minimum Gasteiger partial charge on any atom is -0.318 e. The highest BCUT2D eigenvalue weighted by Gasteiger charge is 2.38. The lowest BCUT2D eigenvalue weighted by molar-refractivity contribution is 0.396. The van der Waals surface area contributed by atoms with Gasteiger partial charge in [0.2, 0.25) is 0 Å². The second-order valence-corrected chi connectivity index (χ2v) is 6.06. The van der Waals surface area contributed by atoms with Crippen LogP contribution in [0.1, 0.15) is 42.4 Å². The molecule has 1 aliphatic rings. The molecule has 0 spiro atoms. The first-order valence-corrected chi connectivity index (χ1v) is 7.24. The van der Waals surface area contributed by atoms with Crippen LogP contribution in [0.4, 0.5) is 4.39 Å². The number of fused-ring (bicyclic) bond motifs is 1. The zero-order valence-corrected chi connectivity index (χ0v) is 12.1. The highest BCUT2D eigenvalue weighted by Crippen LogP contribution is 2.44. The maximum Gasteiger partial charge on any atom is 0.130 e. The SMILES string of the molecule is CC1CCC(N)(c2ccc(Cl)cc2F)c2ccccc21. The third kappa shape index (κ3) is 2.04. The Morgan fingerprint density at radius 3 is 2.70 bits per heavy atom. The molecule has 2 aromatic carbocycles. The zero-order chi connectivity index (χ0) is 14.3. The van der Waals surface area contributed by atoms with Crippen LogP contribution >= 0.6 is 11.6 Å². The van der Waals surface area contributed by atoms with E-state index in [1.807, 2.05) is 18.2 Å². The average molecular weight is 290 g/mol. The van der Waals surface area contributed by atoms with Gasteiger partial charge in [-0.3, -0.25) is 0 Å². The van der Waals surface area contributed by atoms with Crippen LogP contribution in [0, 0.1) is 5.82 Å². The second-order valence-electron chi connectivity index (χ2n) is 5.62. The molecule has 2 N–H and O–H groups in total. The average Bonchev–Trinajstić information content (AvgIpc) is 2.43. The van der Waals surface area contributed by atoms with Gasteiger partial charge in [0.1, 0.15) is 5.82 Å². The standard InChI is InChI=1S/C17H17ClFN/c1-11-8-9-17(20,14-5-3-2-4-13(11)14)15-7-6-12(18)10-16(15)19/h2-7,10-11H,8-9,20H2,1H3. The number of nitrogens with two attached hydrogens (primary N) is 1. The predicted octanol–water partition coefficient (Wildman–Crippen LogP) is 4.58. The molecule has 0 radical (unpaired) electrons. The number of rotatable bonds is 1. The van der Waals surface area contributed by atoms with Crippen LogP contribution in [0.2, 0.25) is 5.02 Å². The van der Waals surface area contributed by atoms with Crippen LogP contribution in [-0.4, -0.2) is 0 Å². The molecule has 3 rings (SSSR count). The van der Waals surface area contributed by atoms with E-state index >= 15 is 0 Å². The van der Waals surface area contributed by atoms with Gasteiger partial charge >= 0.3 is 0 Å². The molecule has 2 atom stereocenters. The topological polar surface area (TPSA) is 26.0 Å². The van der Waals surface area contributed by atoms with E-state index in [0.717, 1.165) is 18.4 Å². The Labute approximate surface area is 123 Å². The first-order chi connectivity index (χ1) is 9.52. The van der Waals surface area contributed by atoms with E-state index < -0.39 is 5.54 Å². The third-order valence-electron chi connectivity index (χ3n) is 4.36. The van der Waals surface area contributed by atoms with Gasteiger partial charge in [0.15, 0.2) is 0 Å². The number of benzene rings is 2. The molecule has 2 unspecified atom stereocenters. The van der Waals surface area contributed by atoms with E-state index in [1.165, 1.54) is 11.6 Å². The van der Waals surface area contributed by atoms with Crippen molar-refractivity contribution in [3.8, 4) is 0 Å². The summed E-state index contributed by atoms with van der Waals surface area (Å²) in [7, 11) is 0. The van der Waals surface area contributed by atoms with Crippen LogP contribution in [0.15, 0.2) is 42.5 Å². The first-order valence-electron chi connectivity index (χ1n) is 6.86. The fourth-order valence-corrected chi connectivity index (χ4v) is 3.36. The molecule has 0 fully saturated rings. The molecular weight excluding hydrogens is 273 g/mol. The van der Waals surface area contributed by atoms with Gasteiger partial charge in [0, 0.05) is 10.6 Å². The zero-order valence-electron chi connectivity index (χ0n) is 11.4. The van der Waals surface area contributed by atoms with Crippen molar-refractivity contribution in [2.75, 3.05) is 0 Å². The summed E-state index contributed by atoms with van der Waals surface area (Å²) in [5, 5.41) is 0.396. The molecule has 0 bridgehead atoms. The van der Waals surface area contributed by atoms with Gasteiger partial charge in [-0.15, -0.1) is 0 Å². The third-order valence-corrected chi connectivity index (χ3v) is 4.59. The predicted molar refractivity (Wildman–Crippen MR) is 80.5 cm³/mol. The molecule has 0 amide bonds. The Morgan fingerprint density at radius 2 is 1.95 bits per heavy atom. The molecular formula is C17H17ClFN. The first kappa shape index (κ1) is 13.6. The van der Waals surface area contributed by atoms with Crippen molar-refractivity contribution in [3.05, 3.63) is 70.0 Å². The summed E-state index contributed by atoms with van der Waals surface area (Å²) >= 11 is 5.84. The highest BCUT2D eigenvalue weighted by atomic mass is 35.5. The number of hydrogen-bond donors (Lipinski definition) is 1. The Kier molecular flexibility index (Phi) is 3.31. The molecule has 1 nitrogen and oxygen atoms in total. The number of halogens is 2. The smallest absolute Gasteiger partial charge is 0.130 e. The van der Waals surface area contributed by atoms with Crippen molar-refractivity contribution in [2.45, 2.75) is 31.2 Å². The van der Waals surface area contributed by atoms with E-state index in [4.69, 9.17) is 17.3 Å². The largest absolute Gasteiger partial charge is 0.318 e. The molecule has 104 valence electrons. The van der Waals surface area contributed by atoms with Gasteiger partial charge < -0.3 is 5.73 Å². The lowest BCUT2D eigenvalue weighted by Gasteiger charge is -2.39. The van der Waals surface area contributed by atoms with Crippen LogP contribution < -0.4 is 5.73 Å². The minimum atomic E-state index is -0.766. The van der Waals surface area contributed by atoms with E-state index in [0.29, 0.717) is 16.5 Å². The molecule has 3 heteroatoms. The molecule has 0 aromatic heterocycles. The summed E-state index contributed by atoms with van der Waals surface area (Å²) in [6, 6.07) is 12.8. The van der Waals surface area contributed by atoms with Crippen molar-refractivity contribution in [1.82, 2.24) is 0 Å². The molecule has 0 saturated heterocycles. The van der Waals surface area contributed by atoms with Crippen LogP contribution in [0.3, 0.4) is 0 Å². The van der Waals surface area contributed by atoms with E-state index in [9.17, 15) is 4.39 Å². The van der Waals surface area contributed by atoms with Crippen molar-refractivity contribution in [3.63, 3.8) is 0 Å².